The van der Waals surface area contributed by atoms with Crippen LogP contribution >= 0.6 is 0 Å². The van der Waals surface area contributed by atoms with Gasteiger partial charge in [0.1, 0.15) is 12.4 Å². The van der Waals surface area contributed by atoms with Crippen molar-refractivity contribution in [2.75, 3.05) is 11.6 Å². The zero-order valence-corrected chi connectivity index (χ0v) is 9.88. The SMILES string of the molecule is CCN(c1ccccc1)[n+]1cccnc1.[Cl-]. The molecule has 4 heteroatoms. The molecule has 0 amide bonds. The summed E-state index contributed by atoms with van der Waals surface area (Å²) in [7, 11) is 0. The van der Waals surface area contributed by atoms with Crippen LogP contribution in [0.5, 0.6) is 0 Å². The van der Waals surface area contributed by atoms with E-state index in [-0.39, 0.29) is 12.4 Å². The summed E-state index contributed by atoms with van der Waals surface area (Å²) in [5, 5.41) is 2.15. The third-order valence-electron chi connectivity index (χ3n) is 2.23. The maximum absolute atomic E-state index is 4.10. The molecule has 0 bridgehead atoms. The summed E-state index contributed by atoms with van der Waals surface area (Å²) in [5.74, 6) is 0. The lowest BCUT2D eigenvalue weighted by Gasteiger charge is -2.18. The largest absolute Gasteiger partial charge is 1.00 e. The van der Waals surface area contributed by atoms with Gasteiger partial charge in [-0.2, -0.15) is 0 Å². The normalized spacial score (nSPS) is 9.31. The van der Waals surface area contributed by atoms with Crippen LogP contribution < -0.4 is 22.1 Å². The van der Waals surface area contributed by atoms with Crippen LogP contribution in [0.4, 0.5) is 5.69 Å². The van der Waals surface area contributed by atoms with Crippen molar-refractivity contribution in [3.8, 4) is 0 Å². The van der Waals surface area contributed by atoms with Gasteiger partial charge in [-0.1, -0.05) is 23.2 Å². The van der Waals surface area contributed by atoms with Crippen molar-refractivity contribution in [2.24, 2.45) is 0 Å². The summed E-state index contributed by atoms with van der Waals surface area (Å²) in [6, 6.07) is 12.2. The highest BCUT2D eigenvalue weighted by atomic mass is 35.5. The number of rotatable bonds is 3. The Morgan fingerprint density at radius 2 is 1.94 bits per heavy atom. The van der Waals surface area contributed by atoms with Crippen molar-refractivity contribution >= 4 is 5.69 Å². The molecule has 3 nitrogen and oxygen atoms in total. The Balaban J connectivity index is 0.00000128. The zero-order valence-electron chi connectivity index (χ0n) is 9.12. The van der Waals surface area contributed by atoms with E-state index in [2.05, 4.69) is 29.0 Å². The van der Waals surface area contributed by atoms with Gasteiger partial charge in [-0.3, -0.25) is 0 Å². The number of nitrogens with zero attached hydrogens (tertiary/aromatic N) is 3. The molecule has 2 rings (SSSR count). The van der Waals surface area contributed by atoms with Crippen molar-refractivity contribution < 1.29 is 17.1 Å². The van der Waals surface area contributed by atoms with E-state index >= 15 is 0 Å². The molecule has 0 saturated carbocycles. The lowest BCUT2D eigenvalue weighted by atomic mass is 10.3. The molecule has 0 fully saturated rings. The van der Waals surface area contributed by atoms with E-state index in [1.807, 2.05) is 35.1 Å². The first-order valence-corrected chi connectivity index (χ1v) is 5.06. The first-order valence-electron chi connectivity index (χ1n) is 5.06. The second kappa shape index (κ2) is 6.08. The molecule has 16 heavy (non-hydrogen) atoms. The molecule has 2 aromatic rings. The topological polar surface area (TPSA) is 20.0 Å². The molecule has 0 aliphatic heterocycles. The number of para-hydroxylation sites is 1. The van der Waals surface area contributed by atoms with E-state index in [1.165, 1.54) is 0 Å². The maximum Gasteiger partial charge on any atom is 0.309 e. The molecule has 1 aromatic heterocycles. The Morgan fingerprint density at radius 1 is 1.19 bits per heavy atom. The molecule has 0 atom stereocenters. The lowest BCUT2D eigenvalue weighted by Crippen LogP contribution is -3.00. The molecule has 1 aromatic carbocycles. The Morgan fingerprint density at radius 3 is 2.50 bits per heavy atom. The van der Waals surface area contributed by atoms with Crippen LogP contribution in [0.2, 0.25) is 0 Å². The third-order valence-corrected chi connectivity index (χ3v) is 2.23. The second-order valence-electron chi connectivity index (χ2n) is 3.19. The molecule has 0 saturated heterocycles. The average Bonchev–Trinajstić information content (AvgIpc) is 2.33. The van der Waals surface area contributed by atoms with Gasteiger partial charge in [0.25, 0.3) is 0 Å². The fraction of sp³-hybridized carbons (Fsp3) is 0.167. The number of benzene rings is 1. The lowest BCUT2D eigenvalue weighted by molar-refractivity contribution is -0.687. The summed E-state index contributed by atoms with van der Waals surface area (Å²) in [6.07, 6.45) is 5.56. The minimum Gasteiger partial charge on any atom is -1.00 e. The van der Waals surface area contributed by atoms with Gasteiger partial charge in [0.15, 0.2) is 0 Å². The molecule has 0 aliphatic rings. The second-order valence-corrected chi connectivity index (χ2v) is 3.19. The van der Waals surface area contributed by atoms with Crippen LogP contribution in [0.15, 0.2) is 55.1 Å². The summed E-state index contributed by atoms with van der Waals surface area (Å²) in [4.78, 5) is 4.10. The summed E-state index contributed by atoms with van der Waals surface area (Å²) in [5.41, 5.74) is 1.16. The van der Waals surface area contributed by atoms with Gasteiger partial charge in [0, 0.05) is 6.07 Å². The van der Waals surface area contributed by atoms with Crippen LogP contribution in [0.3, 0.4) is 0 Å². The zero-order chi connectivity index (χ0) is 10.5. The summed E-state index contributed by atoms with van der Waals surface area (Å²) in [6.45, 7) is 3.02. The standard InChI is InChI=1S/C12H14N3.ClH/c1-2-15(12-7-4-3-5-8-12)14-10-6-9-13-11-14;/h3-11H,2H2,1H3;1H/q+1;/p-1. The minimum absolute atomic E-state index is 0. The predicted octanol–water partition coefficient (Wildman–Crippen LogP) is -1.34. The minimum atomic E-state index is 0. The summed E-state index contributed by atoms with van der Waals surface area (Å²) < 4.78 is 1.98. The summed E-state index contributed by atoms with van der Waals surface area (Å²) >= 11 is 0. The number of hydrogen-bond acceptors (Lipinski definition) is 2. The molecule has 1 heterocycles. The molecule has 0 spiro atoms. The monoisotopic (exact) mass is 235 g/mol. The van der Waals surface area contributed by atoms with Crippen molar-refractivity contribution in [2.45, 2.75) is 6.92 Å². The fourth-order valence-corrected chi connectivity index (χ4v) is 1.54. The molecule has 0 N–H and O–H groups in total. The van der Waals surface area contributed by atoms with Gasteiger partial charge in [0.05, 0.1) is 12.2 Å². The number of aromatic nitrogens is 2. The van der Waals surface area contributed by atoms with E-state index in [4.69, 9.17) is 0 Å². The van der Waals surface area contributed by atoms with Crippen molar-refractivity contribution in [3.05, 3.63) is 55.1 Å². The van der Waals surface area contributed by atoms with E-state index in [9.17, 15) is 0 Å². The van der Waals surface area contributed by atoms with Crippen LogP contribution in [0, 0.1) is 0 Å². The Hall–Kier alpha value is -1.61. The molecular formula is C12H14ClN3. The van der Waals surface area contributed by atoms with Crippen molar-refractivity contribution in [1.82, 2.24) is 4.98 Å². The fourth-order valence-electron chi connectivity index (χ4n) is 1.54. The first-order chi connectivity index (χ1) is 7.42. The average molecular weight is 236 g/mol. The Labute approximate surface area is 102 Å². The molecule has 0 aliphatic carbocycles. The van der Waals surface area contributed by atoms with Gasteiger partial charge in [-0.25, -0.2) is 5.01 Å². The van der Waals surface area contributed by atoms with E-state index in [1.54, 1.807) is 12.5 Å². The molecule has 0 unspecified atom stereocenters. The number of halogens is 1. The third kappa shape index (κ3) is 2.70. The Kier molecular flexibility index (Phi) is 4.73. The van der Waals surface area contributed by atoms with Crippen LogP contribution in [0.1, 0.15) is 6.92 Å². The van der Waals surface area contributed by atoms with Crippen LogP contribution in [-0.4, -0.2) is 11.5 Å². The first kappa shape index (κ1) is 12.5. The van der Waals surface area contributed by atoms with Gasteiger partial charge in [-0.15, -0.1) is 4.68 Å². The van der Waals surface area contributed by atoms with E-state index in [0.29, 0.717) is 0 Å². The molecule has 0 radical (unpaired) electrons. The van der Waals surface area contributed by atoms with Crippen LogP contribution in [-0.2, 0) is 0 Å². The van der Waals surface area contributed by atoms with E-state index in [0.717, 1.165) is 12.2 Å². The smallest absolute Gasteiger partial charge is 0.309 e. The van der Waals surface area contributed by atoms with E-state index < -0.39 is 0 Å². The maximum atomic E-state index is 4.10. The number of hydrogen-bond donors (Lipinski definition) is 0. The molecular weight excluding hydrogens is 222 g/mol. The highest BCUT2D eigenvalue weighted by Gasteiger charge is 2.08. The van der Waals surface area contributed by atoms with Gasteiger partial charge >= 0.3 is 6.33 Å². The Bertz CT molecular complexity index is 366. The highest BCUT2D eigenvalue weighted by molar-refractivity contribution is 5.42. The highest BCUT2D eigenvalue weighted by Crippen LogP contribution is 2.09. The number of anilines is 1. The molecule has 84 valence electrons. The quantitative estimate of drug-likeness (QED) is 0.614. The van der Waals surface area contributed by atoms with Crippen LogP contribution in [0.25, 0.3) is 0 Å². The van der Waals surface area contributed by atoms with Crippen molar-refractivity contribution in [3.63, 3.8) is 0 Å². The van der Waals surface area contributed by atoms with Gasteiger partial charge in [-0.05, 0) is 19.1 Å². The predicted molar refractivity (Wildman–Crippen MR) is 59.3 cm³/mol. The van der Waals surface area contributed by atoms with Gasteiger partial charge in [0.2, 0.25) is 0 Å². The van der Waals surface area contributed by atoms with Crippen molar-refractivity contribution in [1.29, 1.82) is 0 Å². The van der Waals surface area contributed by atoms with Gasteiger partial charge < -0.3 is 12.4 Å².